The molecule has 3 rings (SSSR count). The van der Waals surface area contributed by atoms with E-state index < -0.39 is 15.8 Å². The lowest BCUT2D eigenvalue weighted by atomic mass is 10.0. The molecule has 2 aromatic carbocycles. The molecule has 1 N–H and O–H groups in total. The van der Waals surface area contributed by atoms with Crippen LogP contribution in [-0.4, -0.2) is 20.5 Å². The molecule has 0 saturated heterocycles. The molecule has 0 aliphatic rings. The molecule has 0 unspecified atom stereocenters. The van der Waals surface area contributed by atoms with E-state index in [1.165, 1.54) is 37.4 Å². The van der Waals surface area contributed by atoms with Gasteiger partial charge in [0.25, 0.3) is 10.0 Å². The number of benzene rings is 2. The van der Waals surface area contributed by atoms with Crippen molar-refractivity contribution in [1.82, 2.24) is 4.98 Å². The molecule has 26 heavy (non-hydrogen) atoms. The Morgan fingerprint density at radius 2 is 1.77 bits per heavy atom. The lowest BCUT2D eigenvalue weighted by molar-refractivity contribution is 0.415. The largest absolute Gasteiger partial charge is 0.496 e. The van der Waals surface area contributed by atoms with Crippen LogP contribution in [0.4, 0.5) is 10.2 Å². The van der Waals surface area contributed by atoms with E-state index in [2.05, 4.69) is 9.71 Å². The number of hydrogen-bond acceptors (Lipinski definition) is 4. The van der Waals surface area contributed by atoms with Crippen molar-refractivity contribution in [3.8, 4) is 16.9 Å². The molecule has 0 spiro atoms. The number of nitrogens with zero attached hydrogens (tertiary/aromatic N) is 1. The molecule has 0 aliphatic heterocycles. The summed E-state index contributed by atoms with van der Waals surface area (Å²) in [6, 6.07) is 15.4. The summed E-state index contributed by atoms with van der Waals surface area (Å²) >= 11 is 0. The van der Waals surface area contributed by atoms with Crippen molar-refractivity contribution in [3.63, 3.8) is 0 Å². The fourth-order valence-electron chi connectivity index (χ4n) is 2.52. The smallest absolute Gasteiger partial charge is 0.263 e. The van der Waals surface area contributed by atoms with Crippen LogP contribution < -0.4 is 9.46 Å². The molecule has 0 bridgehead atoms. The van der Waals surface area contributed by atoms with Crippen molar-refractivity contribution >= 4 is 15.8 Å². The normalized spacial score (nSPS) is 11.2. The monoisotopic (exact) mass is 372 g/mol. The Morgan fingerprint density at radius 3 is 2.42 bits per heavy atom. The number of anilines is 1. The van der Waals surface area contributed by atoms with Crippen LogP contribution in [0.5, 0.6) is 5.75 Å². The Hall–Kier alpha value is -2.93. The van der Waals surface area contributed by atoms with Gasteiger partial charge >= 0.3 is 0 Å². The Labute approximate surface area is 151 Å². The predicted octanol–water partition coefficient (Wildman–Crippen LogP) is 4.01. The number of sulfonamides is 1. The first kappa shape index (κ1) is 17.9. The summed E-state index contributed by atoms with van der Waals surface area (Å²) in [6.07, 6.45) is 0. The van der Waals surface area contributed by atoms with E-state index in [-0.39, 0.29) is 10.7 Å². The van der Waals surface area contributed by atoms with Crippen LogP contribution in [0, 0.1) is 12.7 Å². The van der Waals surface area contributed by atoms with Crippen molar-refractivity contribution < 1.29 is 17.5 Å². The Bertz CT molecular complexity index is 1030. The summed E-state index contributed by atoms with van der Waals surface area (Å²) < 4.78 is 46.2. The maximum Gasteiger partial charge on any atom is 0.263 e. The van der Waals surface area contributed by atoms with Gasteiger partial charge in [-0.1, -0.05) is 18.2 Å². The highest BCUT2D eigenvalue weighted by atomic mass is 32.2. The maximum absolute atomic E-state index is 13.5. The van der Waals surface area contributed by atoms with Gasteiger partial charge in [0.1, 0.15) is 17.4 Å². The summed E-state index contributed by atoms with van der Waals surface area (Å²) in [7, 11) is -2.28. The highest BCUT2D eigenvalue weighted by molar-refractivity contribution is 7.92. The number of hydrogen-bond donors (Lipinski definition) is 1. The molecule has 0 atom stereocenters. The van der Waals surface area contributed by atoms with Crippen molar-refractivity contribution in [2.75, 3.05) is 11.8 Å². The van der Waals surface area contributed by atoms with E-state index >= 15 is 0 Å². The van der Waals surface area contributed by atoms with Gasteiger partial charge in [0.2, 0.25) is 0 Å². The van der Waals surface area contributed by atoms with Crippen molar-refractivity contribution in [2.45, 2.75) is 11.8 Å². The first-order valence-corrected chi connectivity index (χ1v) is 9.28. The third kappa shape index (κ3) is 3.83. The van der Waals surface area contributed by atoms with E-state index in [1.807, 2.05) is 0 Å². The summed E-state index contributed by atoms with van der Waals surface area (Å²) in [4.78, 5) is 4.22. The molecule has 0 amide bonds. The molecule has 1 heterocycles. The van der Waals surface area contributed by atoms with Gasteiger partial charge < -0.3 is 4.74 Å². The van der Waals surface area contributed by atoms with E-state index in [0.29, 0.717) is 22.6 Å². The highest BCUT2D eigenvalue weighted by Crippen LogP contribution is 2.31. The number of ether oxygens (including phenoxy) is 1. The van der Waals surface area contributed by atoms with E-state index in [0.717, 1.165) is 0 Å². The van der Waals surface area contributed by atoms with Gasteiger partial charge in [-0.3, -0.25) is 4.72 Å². The van der Waals surface area contributed by atoms with Crippen LogP contribution in [-0.2, 0) is 10.0 Å². The second kappa shape index (κ2) is 7.13. The van der Waals surface area contributed by atoms with Gasteiger partial charge in [0.05, 0.1) is 12.0 Å². The molecule has 0 radical (unpaired) electrons. The van der Waals surface area contributed by atoms with Crippen LogP contribution in [0.1, 0.15) is 5.69 Å². The molecule has 0 fully saturated rings. The Kier molecular flexibility index (Phi) is 4.90. The molecule has 0 saturated carbocycles. The van der Waals surface area contributed by atoms with Crippen LogP contribution in [0.2, 0.25) is 0 Å². The number of methoxy groups -OCH3 is 1. The van der Waals surface area contributed by atoms with Crippen LogP contribution in [0.3, 0.4) is 0 Å². The minimum Gasteiger partial charge on any atom is -0.496 e. The maximum atomic E-state index is 13.5. The van der Waals surface area contributed by atoms with Crippen LogP contribution in [0.25, 0.3) is 11.1 Å². The Balaban J connectivity index is 1.91. The molecule has 1 aromatic heterocycles. The third-order valence-corrected chi connectivity index (χ3v) is 5.14. The molecule has 0 aliphatic carbocycles. The van der Waals surface area contributed by atoms with Crippen LogP contribution in [0.15, 0.2) is 65.6 Å². The molecule has 134 valence electrons. The predicted molar refractivity (Wildman–Crippen MR) is 98.2 cm³/mol. The summed E-state index contributed by atoms with van der Waals surface area (Å²) in [6.45, 7) is 1.78. The van der Waals surface area contributed by atoms with Crippen LogP contribution >= 0.6 is 0 Å². The van der Waals surface area contributed by atoms with Crippen molar-refractivity contribution in [2.24, 2.45) is 0 Å². The minimum absolute atomic E-state index is 0.0833. The number of aromatic nitrogens is 1. The highest BCUT2D eigenvalue weighted by Gasteiger charge is 2.16. The average Bonchev–Trinajstić information content (AvgIpc) is 2.61. The number of halogens is 1. The molecular weight excluding hydrogens is 355 g/mol. The van der Waals surface area contributed by atoms with Crippen molar-refractivity contribution in [3.05, 3.63) is 72.2 Å². The Morgan fingerprint density at radius 1 is 1.04 bits per heavy atom. The zero-order valence-corrected chi connectivity index (χ0v) is 15.0. The summed E-state index contributed by atoms with van der Waals surface area (Å²) in [5.74, 6) is 0.356. The fraction of sp³-hybridized carbons (Fsp3) is 0.105. The van der Waals surface area contributed by atoms with Gasteiger partial charge in [-0.15, -0.1) is 0 Å². The fourth-order valence-corrected chi connectivity index (χ4v) is 3.52. The van der Waals surface area contributed by atoms with Gasteiger partial charge in [0.15, 0.2) is 0 Å². The summed E-state index contributed by atoms with van der Waals surface area (Å²) in [5.41, 5.74) is 1.90. The molecule has 3 aromatic rings. The molecule has 5 nitrogen and oxygen atoms in total. The van der Waals surface area contributed by atoms with Gasteiger partial charge in [-0.25, -0.2) is 17.8 Å². The van der Waals surface area contributed by atoms with E-state index in [1.54, 1.807) is 37.3 Å². The summed E-state index contributed by atoms with van der Waals surface area (Å²) in [5, 5.41) is 0. The minimum atomic E-state index is -3.77. The van der Waals surface area contributed by atoms with Gasteiger partial charge in [-0.05, 0) is 55.0 Å². The topological polar surface area (TPSA) is 68.3 Å². The zero-order valence-electron chi connectivity index (χ0n) is 14.2. The second-order valence-electron chi connectivity index (χ2n) is 5.64. The quantitative estimate of drug-likeness (QED) is 0.735. The van der Waals surface area contributed by atoms with E-state index in [9.17, 15) is 12.8 Å². The number of pyridine rings is 1. The third-order valence-electron chi connectivity index (χ3n) is 3.76. The van der Waals surface area contributed by atoms with Gasteiger partial charge in [-0.2, -0.15) is 0 Å². The SMILES string of the molecule is COc1ccc(F)cc1-c1ccc(S(=O)(=O)Nc2cccc(C)n2)cc1. The number of nitrogens with one attached hydrogen (secondary N) is 1. The zero-order chi connectivity index (χ0) is 18.7. The number of rotatable bonds is 5. The lowest BCUT2D eigenvalue weighted by Crippen LogP contribution is -2.14. The lowest BCUT2D eigenvalue weighted by Gasteiger charge is -2.11. The molecular formula is C19H17FN2O3S. The number of aryl methyl sites for hydroxylation is 1. The molecule has 7 heteroatoms. The average molecular weight is 372 g/mol. The first-order chi connectivity index (χ1) is 12.4. The first-order valence-electron chi connectivity index (χ1n) is 7.79. The van der Waals surface area contributed by atoms with Gasteiger partial charge in [0, 0.05) is 11.3 Å². The van der Waals surface area contributed by atoms with E-state index in [4.69, 9.17) is 4.74 Å². The standard InChI is InChI=1S/C19H17FN2O3S/c1-13-4-3-5-19(21-13)22-26(23,24)16-9-6-14(7-10-16)17-12-15(20)8-11-18(17)25-2/h3-12H,1-2H3,(H,21,22). The van der Waals surface area contributed by atoms with Crippen molar-refractivity contribution in [1.29, 1.82) is 0 Å². The second-order valence-corrected chi connectivity index (χ2v) is 7.32.